The van der Waals surface area contributed by atoms with Crippen LogP contribution in [-0.2, 0) is 0 Å². The van der Waals surface area contributed by atoms with Gasteiger partial charge in [-0.1, -0.05) is 6.07 Å². The number of rotatable bonds is 5. The van der Waals surface area contributed by atoms with Gasteiger partial charge >= 0.3 is 0 Å². The number of aryl methyl sites for hydroxylation is 1. The summed E-state index contributed by atoms with van der Waals surface area (Å²) in [6.45, 7) is 8.59. The van der Waals surface area contributed by atoms with Gasteiger partial charge in [0.25, 0.3) is 0 Å². The highest BCUT2D eigenvalue weighted by molar-refractivity contribution is 5.39. The first-order valence-electron chi connectivity index (χ1n) is 7.40. The third kappa shape index (κ3) is 4.48. The molecule has 4 nitrogen and oxygen atoms in total. The summed E-state index contributed by atoms with van der Waals surface area (Å²) in [5.41, 5.74) is 6.65. The molecule has 0 radical (unpaired) electrons. The lowest BCUT2D eigenvalue weighted by molar-refractivity contribution is 0.288. The number of nitrogens with zero attached hydrogens (tertiary/aromatic N) is 3. The summed E-state index contributed by atoms with van der Waals surface area (Å²) in [6, 6.07) is 6.28. The van der Waals surface area contributed by atoms with E-state index < -0.39 is 0 Å². The van der Waals surface area contributed by atoms with Crippen LogP contribution in [0.15, 0.2) is 18.2 Å². The van der Waals surface area contributed by atoms with Gasteiger partial charge in [-0.25, -0.2) is 4.98 Å². The molecule has 1 aromatic rings. The first-order valence-corrected chi connectivity index (χ1v) is 7.40. The molecule has 0 spiro atoms. The smallest absolute Gasteiger partial charge is 0.128 e. The van der Waals surface area contributed by atoms with E-state index in [9.17, 15) is 0 Å². The van der Waals surface area contributed by atoms with Gasteiger partial charge in [0.2, 0.25) is 0 Å². The van der Waals surface area contributed by atoms with Gasteiger partial charge in [0.1, 0.15) is 5.82 Å². The zero-order chi connectivity index (χ0) is 13.5. The summed E-state index contributed by atoms with van der Waals surface area (Å²) in [6.07, 6.45) is 3.58. The first kappa shape index (κ1) is 14.3. The molecule has 1 saturated heterocycles. The van der Waals surface area contributed by atoms with Crippen LogP contribution in [0, 0.1) is 6.92 Å². The number of unbranched alkanes of at least 4 members (excludes halogenated alkanes) is 1. The van der Waals surface area contributed by atoms with Crippen molar-refractivity contribution >= 4 is 5.82 Å². The summed E-state index contributed by atoms with van der Waals surface area (Å²) in [5, 5.41) is 0. The molecule has 0 saturated carbocycles. The van der Waals surface area contributed by atoms with Crippen LogP contribution in [0.25, 0.3) is 0 Å². The molecule has 2 heterocycles. The first-order chi connectivity index (χ1) is 9.29. The zero-order valence-corrected chi connectivity index (χ0v) is 12.0. The minimum absolute atomic E-state index is 0.813. The Morgan fingerprint density at radius 2 is 2.05 bits per heavy atom. The Bertz CT molecular complexity index is 380. The fraction of sp³-hybridized carbons (Fsp3) is 0.667. The molecule has 2 rings (SSSR count). The Kier molecular flexibility index (Phi) is 5.61. The predicted molar refractivity (Wildman–Crippen MR) is 80.5 cm³/mol. The van der Waals surface area contributed by atoms with E-state index in [-0.39, 0.29) is 0 Å². The van der Waals surface area contributed by atoms with Gasteiger partial charge in [0.05, 0.1) is 0 Å². The second-order valence-corrected chi connectivity index (χ2v) is 5.32. The Morgan fingerprint density at radius 3 is 2.84 bits per heavy atom. The van der Waals surface area contributed by atoms with Crippen molar-refractivity contribution in [3.63, 3.8) is 0 Å². The molecule has 1 aliphatic rings. The molecule has 2 N–H and O–H groups in total. The lowest BCUT2D eigenvalue weighted by Crippen LogP contribution is -2.32. The highest BCUT2D eigenvalue weighted by atomic mass is 15.2. The predicted octanol–water partition coefficient (Wildman–Crippen LogP) is 1.64. The summed E-state index contributed by atoms with van der Waals surface area (Å²) < 4.78 is 0. The second-order valence-electron chi connectivity index (χ2n) is 5.32. The number of nitrogens with two attached hydrogens (primary N) is 1. The van der Waals surface area contributed by atoms with E-state index in [2.05, 4.69) is 39.9 Å². The van der Waals surface area contributed by atoms with E-state index >= 15 is 0 Å². The quantitative estimate of drug-likeness (QED) is 0.820. The van der Waals surface area contributed by atoms with Crippen LogP contribution in [0.1, 0.15) is 25.0 Å². The average molecular weight is 262 g/mol. The van der Waals surface area contributed by atoms with E-state index in [1.165, 1.54) is 25.9 Å². The fourth-order valence-electron chi connectivity index (χ4n) is 2.61. The normalized spacial score (nSPS) is 17.5. The van der Waals surface area contributed by atoms with Gasteiger partial charge in [-0.3, -0.25) is 0 Å². The van der Waals surface area contributed by atoms with Crippen LogP contribution in [0.3, 0.4) is 0 Å². The standard InChI is InChI=1S/C15H26N4/c1-14-6-4-7-15(17-14)19-11-5-10-18(12-13-19)9-3-2-8-16/h4,6-7H,2-3,5,8-13,16H2,1H3. The molecule has 0 amide bonds. The van der Waals surface area contributed by atoms with Crippen molar-refractivity contribution in [3.8, 4) is 0 Å². The van der Waals surface area contributed by atoms with Gasteiger partial charge in [-0.2, -0.15) is 0 Å². The zero-order valence-electron chi connectivity index (χ0n) is 12.0. The van der Waals surface area contributed by atoms with Crippen LogP contribution < -0.4 is 10.6 Å². The number of hydrogen-bond acceptors (Lipinski definition) is 4. The second kappa shape index (κ2) is 7.46. The number of pyridine rings is 1. The Labute approximate surface area is 116 Å². The Balaban J connectivity index is 1.86. The summed E-state index contributed by atoms with van der Waals surface area (Å²) in [7, 11) is 0. The Hall–Kier alpha value is -1.13. The van der Waals surface area contributed by atoms with E-state index in [1.807, 2.05) is 0 Å². The number of aromatic nitrogens is 1. The SMILES string of the molecule is Cc1cccc(N2CCCN(CCCCN)CC2)n1. The summed E-state index contributed by atoms with van der Waals surface area (Å²) in [4.78, 5) is 9.60. The molecule has 0 bridgehead atoms. The molecule has 1 aromatic heterocycles. The van der Waals surface area contributed by atoms with Crippen molar-refractivity contribution in [2.24, 2.45) is 5.73 Å². The van der Waals surface area contributed by atoms with Crippen LogP contribution in [-0.4, -0.2) is 49.2 Å². The van der Waals surface area contributed by atoms with Crippen LogP contribution in [0.2, 0.25) is 0 Å². The van der Waals surface area contributed by atoms with Crippen molar-refractivity contribution in [2.75, 3.05) is 44.2 Å². The largest absolute Gasteiger partial charge is 0.355 e. The van der Waals surface area contributed by atoms with Crippen LogP contribution in [0.4, 0.5) is 5.82 Å². The van der Waals surface area contributed by atoms with Crippen LogP contribution >= 0.6 is 0 Å². The highest BCUT2D eigenvalue weighted by Crippen LogP contribution is 2.14. The number of hydrogen-bond donors (Lipinski definition) is 1. The van der Waals surface area contributed by atoms with Gasteiger partial charge in [-0.15, -0.1) is 0 Å². The summed E-state index contributed by atoms with van der Waals surface area (Å²) in [5.74, 6) is 1.13. The third-order valence-electron chi connectivity index (χ3n) is 3.71. The molecule has 0 unspecified atom stereocenters. The topological polar surface area (TPSA) is 45.4 Å². The molecule has 0 aromatic carbocycles. The van der Waals surface area contributed by atoms with Crippen LogP contribution in [0.5, 0.6) is 0 Å². The third-order valence-corrected chi connectivity index (χ3v) is 3.71. The molecule has 1 aliphatic heterocycles. The Morgan fingerprint density at radius 1 is 1.16 bits per heavy atom. The molecular weight excluding hydrogens is 236 g/mol. The monoisotopic (exact) mass is 262 g/mol. The van der Waals surface area contributed by atoms with Crippen molar-refractivity contribution in [2.45, 2.75) is 26.2 Å². The van der Waals surface area contributed by atoms with E-state index in [4.69, 9.17) is 5.73 Å². The van der Waals surface area contributed by atoms with Gasteiger partial charge in [0.15, 0.2) is 0 Å². The molecule has 1 fully saturated rings. The minimum atomic E-state index is 0.813. The van der Waals surface area contributed by atoms with E-state index in [0.717, 1.165) is 44.1 Å². The summed E-state index contributed by atoms with van der Waals surface area (Å²) >= 11 is 0. The molecule has 19 heavy (non-hydrogen) atoms. The molecule has 106 valence electrons. The van der Waals surface area contributed by atoms with E-state index in [0.29, 0.717) is 0 Å². The van der Waals surface area contributed by atoms with Crippen molar-refractivity contribution in [1.29, 1.82) is 0 Å². The van der Waals surface area contributed by atoms with Gasteiger partial charge in [-0.05, 0) is 58.0 Å². The number of anilines is 1. The van der Waals surface area contributed by atoms with Gasteiger partial charge < -0.3 is 15.5 Å². The minimum Gasteiger partial charge on any atom is -0.355 e. The average Bonchev–Trinajstić information content (AvgIpc) is 2.65. The molecule has 4 heteroatoms. The van der Waals surface area contributed by atoms with Crippen molar-refractivity contribution in [3.05, 3.63) is 23.9 Å². The maximum atomic E-state index is 5.55. The molecular formula is C15H26N4. The molecule has 0 aliphatic carbocycles. The highest BCUT2D eigenvalue weighted by Gasteiger charge is 2.15. The van der Waals surface area contributed by atoms with Crippen molar-refractivity contribution < 1.29 is 0 Å². The fourth-order valence-corrected chi connectivity index (χ4v) is 2.61. The van der Waals surface area contributed by atoms with E-state index in [1.54, 1.807) is 0 Å². The van der Waals surface area contributed by atoms with Gasteiger partial charge in [0, 0.05) is 25.3 Å². The lowest BCUT2D eigenvalue weighted by Gasteiger charge is -2.23. The molecule has 0 atom stereocenters. The lowest BCUT2D eigenvalue weighted by atomic mass is 10.3. The van der Waals surface area contributed by atoms with Crippen molar-refractivity contribution in [1.82, 2.24) is 9.88 Å². The maximum absolute atomic E-state index is 5.55. The maximum Gasteiger partial charge on any atom is 0.128 e.